The summed E-state index contributed by atoms with van der Waals surface area (Å²) in [5, 5.41) is 11.4. The lowest BCUT2D eigenvalue weighted by molar-refractivity contribution is -0.132. The van der Waals surface area contributed by atoms with Gasteiger partial charge in [0.25, 0.3) is 0 Å². The lowest BCUT2D eigenvalue weighted by atomic mass is 10.3. The molecule has 0 saturated heterocycles. The summed E-state index contributed by atoms with van der Waals surface area (Å²) in [6, 6.07) is 0.552. The third-order valence-corrected chi connectivity index (χ3v) is 1.48. The van der Waals surface area contributed by atoms with Crippen LogP contribution in [0.1, 0.15) is 12.8 Å². The average Bonchev–Trinajstić information content (AvgIpc) is 2.64. The van der Waals surface area contributed by atoms with E-state index < -0.39 is 5.97 Å². The summed E-state index contributed by atoms with van der Waals surface area (Å²) in [5.74, 6) is -0.909. The van der Waals surface area contributed by atoms with Crippen molar-refractivity contribution in [1.29, 1.82) is 0 Å². The van der Waals surface area contributed by atoms with Crippen LogP contribution in [0.15, 0.2) is 12.2 Å². The zero-order valence-corrected chi connectivity index (χ0v) is 5.76. The third-order valence-electron chi connectivity index (χ3n) is 1.48. The second-order valence-electron chi connectivity index (χ2n) is 2.56. The minimum absolute atomic E-state index is 0.243. The maximum Gasteiger partial charge on any atom is 0.332 e. The summed E-state index contributed by atoms with van der Waals surface area (Å²) >= 11 is 0. The fourth-order valence-corrected chi connectivity index (χ4v) is 0.631. The summed E-state index contributed by atoms with van der Waals surface area (Å²) in [6.07, 6.45) is 2.35. The molecular formula is C7H11NO2. The van der Waals surface area contributed by atoms with E-state index in [1.807, 2.05) is 0 Å². The van der Waals surface area contributed by atoms with Gasteiger partial charge in [0.15, 0.2) is 0 Å². The van der Waals surface area contributed by atoms with Gasteiger partial charge >= 0.3 is 5.97 Å². The standard InChI is InChI=1S/C7H11NO2/c1-5(7(9)10)4-8-6-2-3-6/h6,8H,1-4H2,(H,9,10). The molecule has 3 nitrogen and oxygen atoms in total. The van der Waals surface area contributed by atoms with Crippen LogP contribution in [-0.4, -0.2) is 23.7 Å². The van der Waals surface area contributed by atoms with Crippen molar-refractivity contribution >= 4 is 5.97 Å². The first-order chi connectivity index (χ1) is 4.70. The van der Waals surface area contributed by atoms with Crippen molar-refractivity contribution in [2.75, 3.05) is 6.54 Å². The molecule has 3 heteroatoms. The topological polar surface area (TPSA) is 49.3 Å². The lowest BCUT2D eigenvalue weighted by Gasteiger charge is -1.99. The SMILES string of the molecule is C=C(CNC1CC1)C(=O)O. The van der Waals surface area contributed by atoms with Gasteiger partial charge in [0.2, 0.25) is 0 Å². The molecule has 0 aromatic heterocycles. The van der Waals surface area contributed by atoms with Crippen molar-refractivity contribution in [1.82, 2.24) is 5.32 Å². The van der Waals surface area contributed by atoms with Crippen molar-refractivity contribution in [3.63, 3.8) is 0 Å². The summed E-state index contributed by atoms with van der Waals surface area (Å²) in [6.45, 7) is 3.81. The molecule has 0 atom stereocenters. The van der Waals surface area contributed by atoms with E-state index in [9.17, 15) is 4.79 Å². The van der Waals surface area contributed by atoms with E-state index in [4.69, 9.17) is 5.11 Å². The van der Waals surface area contributed by atoms with Gasteiger partial charge in [-0.05, 0) is 12.8 Å². The average molecular weight is 141 g/mol. The molecule has 0 amide bonds. The molecule has 1 aliphatic carbocycles. The van der Waals surface area contributed by atoms with E-state index >= 15 is 0 Å². The molecule has 1 saturated carbocycles. The van der Waals surface area contributed by atoms with Gasteiger partial charge in [0.05, 0.1) is 0 Å². The van der Waals surface area contributed by atoms with E-state index in [0.29, 0.717) is 12.6 Å². The Morgan fingerprint density at radius 1 is 1.70 bits per heavy atom. The van der Waals surface area contributed by atoms with E-state index in [1.165, 1.54) is 12.8 Å². The highest BCUT2D eigenvalue weighted by Gasteiger charge is 2.20. The number of nitrogens with one attached hydrogen (secondary N) is 1. The predicted molar refractivity (Wildman–Crippen MR) is 37.8 cm³/mol. The molecular weight excluding hydrogens is 130 g/mol. The Kier molecular flexibility index (Phi) is 2.06. The number of carbonyl (C=O) groups is 1. The number of hydrogen-bond acceptors (Lipinski definition) is 2. The van der Waals surface area contributed by atoms with Crippen LogP contribution in [0.3, 0.4) is 0 Å². The maximum absolute atomic E-state index is 10.2. The maximum atomic E-state index is 10.2. The summed E-state index contributed by atoms with van der Waals surface area (Å²) in [5.41, 5.74) is 0.243. The fourth-order valence-electron chi connectivity index (χ4n) is 0.631. The molecule has 10 heavy (non-hydrogen) atoms. The van der Waals surface area contributed by atoms with Gasteiger partial charge in [-0.15, -0.1) is 0 Å². The molecule has 56 valence electrons. The molecule has 0 radical (unpaired) electrons. The van der Waals surface area contributed by atoms with E-state index in [-0.39, 0.29) is 5.57 Å². The first-order valence-electron chi connectivity index (χ1n) is 3.34. The Morgan fingerprint density at radius 3 is 2.70 bits per heavy atom. The monoisotopic (exact) mass is 141 g/mol. The van der Waals surface area contributed by atoms with E-state index in [1.54, 1.807) is 0 Å². The number of aliphatic carboxylic acids is 1. The number of hydrogen-bond donors (Lipinski definition) is 2. The smallest absolute Gasteiger partial charge is 0.332 e. The summed E-state index contributed by atoms with van der Waals surface area (Å²) < 4.78 is 0. The second-order valence-corrected chi connectivity index (χ2v) is 2.56. The molecule has 0 aromatic carbocycles. The van der Waals surface area contributed by atoms with Crippen LogP contribution in [0.2, 0.25) is 0 Å². The quantitative estimate of drug-likeness (QED) is 0.556. The molecule has 1 rings (SSSR count). The van der Waals surface area contributed by atoms with Crippen LogP contribution in [0.5, 0.6) is 0 Å². The molecule has 2 N–H and O–H groups in total. The highest BCUT2D eigenvalue weighted by atomic mass is 16.4. The molecule has 0 spiro atoms. The second kappa shape index (κ2) is 2.84. The van der Waals surface area contributed by atoms with Gasteiger partial charge in [-0.25, -0.2) is 4.79 Å². The van der Waals surface area contributed by atoms with Gasteiger partial charge < -0.3 is 10.4 Å². The van der Waals surface area contributed by atoms with Crippen molar-refractivity contribution in [3.05, 3.63) is 12.2 Å². The van der Waals surface area contributed by atoms with Gasteiger partial charge in [-0.3, -0.25) is 0 Å². The van der Waals surface area contributed by atoms with Crippen LogP contribution in [0, 0.1) is 0 Å². The molecule has 1 aliphatic rings. The van der Waals surface area contributed by atoms with Crippen molar-refractivity contribution in [3.8, 4) is 0 Å². The first-order valence-corrected chi connectivity index (χ1v) is 3.34. The van der Waals surface area contributed by atoms with Gasteiger partial charge in [0, 0.05) is 18.2 Å². The van der Waals surface area contributed by atoms with E-state index in [0.717, 1.165) is 0 Å². The minimum Gasteiger partial charge on any atom is -0.478 e. The van der Waals surface area contributed by atoms with Gasteiger partial charge in [0.1, 0.15) is 0 Å². The van der Waals surface area contributed by atoms with Gasteiger partial charge in [-0.2, -0.15) is 0 Å². The molecule has 0 aliphatic heterocycles. The van der Waals surface area contributed by atoms with Crippen molar-refractivity contribution in [2.45, 2.75) is 18.9 Å². The molecule has 0 unspecified atom stereocenters. The highest BCUT2D eigenvalue weighted by molar-refractivity contribution is 5.86. The van der Waals surface area contributed by atoms with Crippen LogP contribution >= 0.6 is 0 Å². The van der Waals surface area contributed by atoms with Crippen LogP contribution in [-0.2, 0) is 4.79 Å². The lowest BCUT2D eigenvalue weighted by Crippen LogP contribution is -2.22. The molecule has 0 bridgehead atoms. The minimum atomic E-state index is -0.909. The Morgan fingerprint density at radius 2 is 2.30 bits per heavy atom. The molecule has 0 aromatic rings. The van der Waals surface area contributed by atoms with Crippen molar-refractivity contribution in [2.24, 2.45) is 0 Å². The largest absolute Gasteiger partial charge is 0.478 e. The Hall–Kier alpha value is -0.830. The summed E-state index contributed by atoms with van der Waals surface area (Å²) in [4.78, 5) is 10.2. The number of carboxylic acids is 1. The Bertz CT molecular complexity index is 161. The zero-order chi connectivity index (χ0) is 7.56. The number of carboxylic acid groups (broad SMARTS) is 1. The van der Waals surface area contributed by atoms with Crippen molar-refractivity contribution < 1.29 is 9.90 Å². The first kappa shape index (κ1) is 7.28. The zero-order valence-electron chi connectivity index (χ0n) is 5.76. The van der Waals surface area contributed by atoms with Gasteiger partial charge in [-0.1, -0.05) is 6.58 Å². The summed E-state index contributed by atoms with van der Waals surface area (Å²) in [7, 11) is 0. The Balaban J connectivity index is 2.11. The predicted octanol–water partition coefficient (Wildman–Crippen LogP) is 0.379. The van der Waals surface area contributed by atoms with E-state index in [2.05, 4.69) is 11.9 Å². The third kappa shape index (κ3) is 2.19. The highest BCUT2D eigenvalue weighted by Crippen LogP contribution is 2.18. The van der Waals surface area contributed by atoms with Crippen LogP contribution < -0.4 is 5.32 Å². The fraction of sp³-hybridized carbons (Fsp3) is 0.571. The van der Waals surface area contributed by atoms with Crippen LogP contribution in [0.25, 0.3) is 0 Å². The Labute approximate surface area is 59.7 Å². The molecule has 0 heterocycles. The normalized spacial score (nSPS) is 16.8. The molecule has 1 fully saturated rings. The van der Waals surface area contributed by atoms with Crippen LogP contribution in [0.4, 0.5) is 0 Å². The number of rotatable bonds is 4.